The molecule has 0 N–H and O–H groups in total. The van der Waals surface area contributed by atoms with Gasteiger partial charge in [0.2, 0.25) is 5.95 Å². The summed E-state index contributed by atoms with van der Waals surface area (Å²) in [5.41, 5.74) is 1.38. The quantitative estimate of drug-likeness (QED) is 0.338. The number of aryl methyl sites for hydroxylation is 1. The second-order valence-electron chi connectivity index (χ2n) is 7.68. The number of fused-ring (bicyclic) bond motifs is 1. The number of Topliss-reactive ketones (excluding diaryl/α,β-unsaturated/α-hetero) is 1. The molecule has 0 unspecified atom stereocenters. The summed E-state index contributed by atoms with van der Waals surface area (Å²) in [7, 11) is 0. The maximum absolute atomic E-state index is 14.5. The molecule has 0 radical (unpaired) electrons. The summed E-state index contributed by atoms with van der Waals surface area (Å²) in [5.74, 6) is -1.42. The number of rotatable bonds is 5. The Labute approximate surface area is 188 Å². The number of hydrogen-bond acceptors (Lipinski definition) is 7. The van der Waals surface area contributed by atoms with Crippen molar-refractivity contribution < 1.29 is 14.0 Å². The van der Waals surface area contributed by atoms with E-state index in [1.54, 1.807) is 9.25 Å². The maximum Gasteiger partial charge on any atom is 0.295 e. The van der Waals surface area contributed by atoms with Crippen molar-refractivity contribution in [2.75, 3.05) is 31.1 Å². The smallest absolute Gasteiger partial charge is 0.295 e. The monoisotopic (exact) mass is 448 g/mol. The van der Waals surface area contributed by atoms with Gasteiger partial charge in [-0.25, -0.2) is 4.39 Å². The van der Waals surface area contributed by atoms with Crippen molar-refractivity contribution in [1.82, 2.24) is 34.7 Å². The predicted molar refractivity (Wildman–Crippen MR) is 118 cm³/mol. The summed E-state index contributed by atoms with van der Waals surface area (Å²) in [4.78, 5) is 33.4. The van der Waals surface area contributed by atoms with E-state index in [9.17, 15) is 14.0 Å². The van der Waals surface area contributed by atoms with Gasteiger partial charge in [-0.05, 0) is 29.5 Å². The zero-order chi connectivity index (χ0) is 22.9. The molecule has 0 saturated carbocycles. The molecule has 10 nitrogen and oxygen atoms in total. The lowest BCUT2D eigenvalue weighted by atomic mass is 10.1. The highest BCUT2D eigenvalue weighted by molar-refractivity contribution is 6.44. The molecule has 5 rings (SSSR count). The van der Waals surface area contributed by atoms with E-state index in [4.69, 9.17) is 0 Å². The first-order valence-corrected chi connectivity index (χ1v) is 10.6. The molecule has 0 atom stereocenters. The number of carbonyl (C=O) groups excluding carboxylic acids is 2. The van der Waals surface area contributed by atoms with E-state index in [0.717, 1.165) is 11.9 Å². The van der Waals surface area contributed by atoms with Crippen molar-refractivity contribution in [2.24, 2.45) is 0 Å². The van der Waals surface area contributed by atoms with Gasteiger partial charge in [-0.15, -0.1) is 0 Å². The van der Waals surface area contributed by atoms with Crippen molar-refractivity contribution in [1.29, 1.82) is 0 Å². The Hall–Kier alpha value is -4.15. The van der Waals surface area contributed by atoms with E-state index in [2.05, 4.69) is 20.5 Å². The predicted octanol–water partition coefficient (Wildman–Crippen LogP) is 1.70. The van der Waals surface area contributed by atoms with Crippen LogP contribution in [0, 0.1) is 5.82 Å². The summed E-state index contributed by atoms with van der Waals surface area (Å²) in [6.07, 6.45) is 4.08. The van der Waals surface area contributed by atoms with Crippen molar-refractivity contribution in [2.45, 2.75) is 13.5 Å². The highest BCUT2D eigenvalue weighted by atomic mass is 19.1. The molecule has 0 aliphatic carbocycles. The average Bonchev–Trinajstić information content (AvgIpc) is 3.50. The van der Waals surface area contributed by atoms with Crippen molar-refractivity contribution >= 4 is 28.5 Å². The van der Waals surface area contributed by atoms with E-state index in [-0.39, 0.29) is 10.9 Å². The fraction of sp³-hybridized carbons (Fsp3) is 0.273. The van der Waals surface area contributed by atoms with Gasteiger partial charge in [0.1, 0.15) is 0 Å². The first kappa shape index (κ1) is 20.7. The number of ketones is 1. The average molecular weight is 448 g/mol. The van der Waals surface area contributed by atoms with E-state index in [1.165, 1.54) is 17.3 Å². The van der Waals surface area contributed by atoms with Crippen LogP contribution in [0.1, 0.15) is 17.3 Å². The minimum absolute atomic E-state index is 0.0622. The first-order chi connectivity index (χ1) is 16.1. The summed E-state index contributed by atoms with van der Waals surface area (Å²) >= 11 is 0. The Kier molecular flexibility index (Phi) is 5.29. The van der Waals surface area contributed by atoms with Gasteiger partial charge in [0.25, 0.3) is 11.7 Å². The van der Waals surface area contributed by atoms with Crippen LogP contribution in [0.4, 0.5) is 10.3 Å². The fourth-order valence-corrected chi connectivity index (χ4v) is 4.12. The summed E-state index contributed by atoms with van der Waals surface area (Å²) in [6.45, 7) is 3.97. The van der Waals surface area contributed by atoms with Gasteiger partial charge in [-0.3, -0.25) is 14.6 Å². The first-order valence-electron chi connectivity index (χ1n) is 10.6. The third-order valence-corrected chi connectivity index (χ3v) is 5.83. The van der Waals surface area contributed by atoms with Gasteiger partial charge >= 0.3 is 0 Å². The van der Waals surface area contributed by atoms with Crippen molar-refractivity contribution in [3.63, 3.8) is 0 Å². The minimum atomic E-state index is -0.722. The standard InChI is InChI=1S/C22H21FN8O2/c1-2-28-14-16(19-17(23)12-24-13-18(19)28)20(32)21(33)29-8-10-30(11-9-29)22-25-26-27-31(22)15-6-4-3-5-7-15/h3-7,12-14H,2,8-11H2,1H3. The van der Waals surface area contributed by atoms with Crippen LogP contribution >= 0.6 is 0 Å². The lowest BCUT2D eigenvalue weighted by molar-refractivity contribution is -0.126. The number of piperazine rings is 1. The molecular weight excluding hydrogens is 427 g/mol. The molecule has 1 fully saturated rings. The van der Waals surface area contributed by atoms with E-state index >= 15 is 0 Å². The van der Waals surface area contributed by atoms with Crippen LogP contribution in [0.2, 0.25) is 0 Å². The topological polar surface area (TPSA) is 102 Å². The van der Waals surface area contributed by atoms with Gasteiger partial charge < -0.3 is 14.4 Å². The summed E-state index contributed by atoms with van der Waals surface area (Å²) in [6, 6.07) is 9.52. The highest BCUT2D eigenvalue weighted by Gasteiger charge is 2.31. The number of anilines is 1. The van der Waals surface area contributed by atoms with Crippen LogP contribution < -0.4 is 4.90 Å². The minimum Gasteiger partial charge on any atom is -0.346 e. The molecular formula is C22H21FN8O2. The van der Waals surface area contributed by atoms with Gasteiger partial charge in [0.15, 0.2) is 5.82 Å². The van der Waals surface area contributed by atoms with Gasteiger partial charge in [-0.2, -0.15) is 4.68 Å². The number of hydrogen-bond donors (Lipinski definition) is 0. The van der Waals surface area contributed by atoms with Crippen LogP contribution in [0.3, 0.4) is 0 Å². The Morgan fingerprint density at radius 2 is 1.82 bits per heavy atom. The maximum atomic E-state index is 14.5. The molecule has 1 aliphatic heterocycles. The summed E-state index contributed by atoms with van der Waals surface area (Å²) < 4.78 is 17.8. The number of amides is 1. The van der Waals surface area contributed by atoms with E-state index < -0.39 is 17.5 Å². The van der Waals surface area contributed by atoms with E-state index in [1.807, 2.05) is 42.2 Å². The number of carbonyl (C=O) groups is 2. The number of tetrazole rings is 1. The SMILES string of the molecule is CCn1cc(C(=O)C(=O)N2CCN(c3nnnn3-c3ccccc3)CC2)c2c(F)cncc21. The molecule has 1 aliphatic rings. The molecule has 4 aromatic rings. The van der Waals surface area contributed by atoms with Crippen LogP contribution in [-0.4, -0.2) is 72.5 Å². The number of halogens is 1. The third-order valence-electron chi connectivity index (χ3n) is 5.83. The Morgan fingerprint density at radius 1 is 1.06 bits per heavy atom. The van der Waals surface area contributed by atoms with Gasteiger partial charge in [0, 0.05) is 44.3 Å². The molecule has 0 bridgehead atoms. The third kappa shape index (κ3) is 3.60. The molecule has 1 amide bonds. The zero-order valence-corrected chi connectivity index (χ0v) is 17.9. The summed E-state index contributed by atoms with van der Waals surface area (Å²) in [5, 5.41) is 12.1. The normalized spacial score (nSPS) is 14.1. The van der Waals surface area contributed by atoms with Gasteiger partial charge in [-0.1, -0.05) is 23.3 Å². The Balaban J connectivity index is 1.33. The molecule has 33 heavy (non-hydrogen) atoms. The number of nitrogens with zero attached hydrogens (tertiary/aromatic N) is 8. The number of pyridine rings is 1. The van der Waals surface area contributed by atoms with Crippen LogP contribution in [-0.2, 0) is 11.3 Å². The Bertz CT molecular complexity index is 1320. The second-order valence-corrected chi connectivity index (χ2v) is 7.68. The molecule has 11 heteroatoms. The number of benzene rings is 1. The molecule has 168 valence electrons. The lowest BCUT2D eigenvalue weighted by Crippen LogP contribution is -2.51. The van der Waals surface area contributed by atoms with E-state index in [0.29, 0.717) is 44.2 Å². The van der Waals surface area contributed by atoms with Crippen molar-refractivity contribution in [3.8, 4) is 5.69 Å². The number of para-hydroxylation sites is 1. The fourth-order valence-electron chi connectivity index (χ4n) is 4.12. The molecule has 1 saturated heterocycles. The largest absolute Gasteiger partial charge is 0.346 e. The Morgan fingerprint density at radius 3 is 2.55 bits per heavy atom. The molecule has 1 aromatic carbocycles. The molecule has 3 aromatic heterocycles. The molecule has 4 heterocycles. The highest BCUT2D eigenvalue weighted by Crippen LogP contribution is 2.25. The zero-order valence-electron chi connectivity index (χ0n) is 17.9. The number of aromatic nitrogens is 6. The van der Waals surface area contributed by atoms with Crippen molar-refractivity contribution in [3.05, 3.63) is 60.3 Å². The second kappa shape index (κ2) is 8.41. The van der Waals surface area contributed by atoms with Crippen LogP contribution in [0.25, 0.3) is 16.6 Å². The van der Waals surface area contributed by atoms with Crippen LogP contribution in [0.5, 0.6) is 0 Å². The van der Waals surface area contributed by atoms with Gasteiger partial charge in [0.05, 0.1) is 29.2 Å². The molecule has 0 spiro atoms. The lowest BCUT2D eigenvalue weighted by Gasteiger charge is -2.34. The van der Waals surface area contributed by atoms with Crippen LogP contribution in [0.15, 0.2) is 48.9 Å².